The molecule has 34 heavy (non-hydrogen) atoms. The number of thiazole rings is 1. The van der Waals surface area contributed by atoms with Crippen molar-refractivity contribution in [3.63, 3.8) is 0 Å². The van der Waals surface area contributed by atoms with Crippen molar-refractivity contribution >= 4 is 32.4 Å². The van der Waals surface area contributed by atoms with Crippen LogP contribution in [0, 0.1) is 0 Å². The molecule has 1 fully saturated rings. The highest BCUT2D eigenvalue weighted by molar-refractivity contribution is 7.22. The minimum absolute atomic E-state index is 0.0112. The van der Waals surface area contributed by atoms with Crippen LogP contribution in [0.25, 0.3) is 10.2 Å². The Labute approximate surface area is 204 Å². The smallest absolute Gasteiger partial charge is 0.186 e. The molecule has 1 aliphatic heterocycles. The van der Waals surface area contributed by atoms with E-state index in [-0.39, 0.29) is 11.6 Å². The van der Waals surface area contributed by atoms with Crippen molar-refractivity contribution in [2.45, 2.75) is 32.4 Å². The number of anilines is 2. The molecule has 0 N–H and O–H groups in total. The fraction of sp³-hybridized carbons (Fsp3) is 0.440. The first-order valence-electron chi connectivity index (χ1n) is 11.7. The topological polar surface area (TPSA) is 66.2 Å². The van der Waals surface area contributed by atoms with E-state index in [1.54, 1.807) is 11.3 Å². The lowest BCUT2D eigenvalue weighted by atomic mass is 10.0. The molecule has 1 saturated heterocycles. The van der Waals surface area contributed by atoms with E-state index in [1.165, 1.54) is 16.0 Å². The van der Waals surface area contributed by atoms with Crippen LogP contribution in [-0.2, 0) is 5.54 Å². The molecule has 4 aromatic rings. The normalized spacial score (nSPS) is 16.2. The minimum atomic E-state index is -0.205. The molecule has 0 saturated carbocycles. The van der Waals surface area contributed by atoms with E-state index in [1.807, 2.05) is 4.68 Å². The van der Waals surface area contributed by atoms with Gasteiger partial charge in [-0.3, -0.25) is 4.90 Å². The number of fused-ring (bicyclic) bond motifs is 1. The Bertz CT molecular complexity index is 1210. The Balaban J connectivity index is 1.43. The maximum absolute atomic E-state index is 4.87. The van der Waals surface area contributed by atoms with E-state index in [9.17, 15) is 0 Å². The molecule has 3 heterocycles. The maximum atomic E-state index is 4.87. The Kier molecular flexibility index (Phi) is 5.99. The van der Waals surface area contributed by atoms with Gasteiger partial charge in [-0.15, -0.1) is 5.10 Å². The first-order valence-corrected chi connectivity index (χ1v) is 12.5. The van der Waals surface area contributed by atoms with Gasteiger partial charge in [-0.1, -0.05) is 35.6 Å². The molecule has 2 aromatic heterocycles. The molecule has 0 aliphatic carbocycles. The van der Waals surface area contributed by atoms with Gasteiger partial charge in [0, 0.05) is 46.0 Å². The van der Waals surface area contributed by atoms with Crippen molar-refractivity contribution in [3.05, 3.63) is 59.9 Å². The zero-order valence-electron chi connectivity index (χ0n) is 20.5. The van der Waals surface area contributed by atoms with E-state index in [4.69, 9.17) is 4.98 Å². The van der Waals surface area contributed by atoms with Crippen LogP contribution in [0.3, 0.4) is 0 Å². The second kappa shape index (κ2) is 8.96. The summed E-state index contributed by atoms with van der Waals surface area (Å²) in [5, 5.41) is 14.1. The first-order chi connectivity index (χ1) is 16.3. The molecular weight excluding hydrogens is 444 g/mol. The van der Waals surface area contributed by atoms with Crippen LogP contribution in [0.5, 0.6) is 0 Å². The van der Waals surface area contributed by atoms with Crippen LogP contribution >= 0.6 is 11.3 Å². The quantitative estimate of drug-likeness (QED) is 0.431. The number of rotatable bonds is 5. The zero-order chi connectivity index (χ0) is 23.9. The Hall–Kier alpha value is -3.04. The van der Waals surface area contributed by atoms with Gasteiger partial charge in [0.05, 0.1) is 21.8 Å². The third-order valence-corrected chi connectivity index (χ3v) is 7.43. The van der Waals surface area contributed by atoms with Gasteiger partial charge in [-0.2, -0.15) is 0 Å². The van der Waals surface area contributed by atoms with Crippen molar-refractivity contribution in [1.29, 1.82) is 0 Å². The first kappa shape index (κ1) is 22.7. The number of tetrazole rings is 1. The van der Waals surface area contributed by atoms with E-state index in [2.05, 4.69) is 114 Å². The Morgan fingerprint density at radius 2 is 1.65 bits per heavy atom. The van der Waals surface area contributed by atoms with E-state index in [0.717, 1.165) is 42.7 Å². The predicted octanol–water partition coefficient (Wildman–Crippen LogP) is 4.02. The lowest BCUT2D eigenvalue weighted by Gasteiger charge is -2.39. The van der Waals surface area contributed by atoms with Crippen LogP contribution < -0.4 is 9.80 Å². The summed E-state index contributed by atoms with van der Waals surface area (Å²) < 4.78 is 3.21. The van der Waals surface area contributed by atoms with Gasteiger partial charge >= 0.3 is 0 Å². The molecule has 178 valence electrons. The van der Waals surface area contributed by atoms with Crippen LogP contribution in [0.2, 0.25) is 0 Å². The van der Waals surface area contributed by atoms with Crippen LogP contribution in [0.1, 0.15) is 38.2 Å². The van der Waals surface area contributed by atoms with Gasteiger partial charge in [0.1, 0.15) is 0 Å². The van der Waals surface area contributed by atoms with Crippen LogP contribution in [0.15, 0.2) is 48.5 Å². The SMILES string of the molecule is CN(C)c1ccc([C@H](c2nnnn2C(C)(C)C)N2CCN(c3nc4ccccc4s3)CC2)cc1. The molecule has 0 spiro atoms. The van der Waals surface area contributed by atoms with E-state index in [0.29, 0.717) is 0 Å². The third kappa shape index (κ3) is 4.37. The third-order valence-electron chi connectivity index (χ3n) is 6.33. The molecule has 9 heteroatoms. The summed E-state index contributed by atoms with van der Waals surface area (Å²) in [6.07, 6.45) is 0. The van der Waals surface area contributed by atoms with Crippen LogP contribution in [0.4, 0.5) is 10.8 Å². The zero-order valence-corrected chi connectivity index (χ0v) is 21.3. The van der Waals surface area contributed by atoms with Crippen molar-refractivity contribution in [2.75, 3.05) is 50.1 Å². The van der Waals surface area contributed by atoms with Gasteiger partial charge in [-0.05, 0) is 61.0 Å². The second-order valence-electron chi connectivity index (χ2n) is 10.00. The number of aromatic nitrogens is 5. The van der Waals surface area contributed by atoms with Crippen molar-refractivity contribution in [3.8, 4) is 0 Å². The van der Waals surface area contributed by atoms with E-state index < -0.39 is 0 Å². The number of benzene rings is 2. The van der Waals surface area contributed by atoms with Crippen LogP contribution in [-0.4, -0.2) is 70.4 Å². The van der Waals surface area contributed by atoms with E-state index >= 15 is 0 Å². The molecule has 0 amide bonds. The average molecular weight is 477 g/mol. The summed E-state index contributed by atoms with van der Waals surface area (Å²) in [6.45, 7) is 10.1. The van der Waals surface area contributed by atoms with Gasteiger partial charge in [0.15, 0.2) is 11.0 Å². The largest absolute Gasteiger partial charge is 0.378 e. The number of hydrogen-bond donors (Lipinski definition) is 0. The highest BCUT2D eigenvalue weighted by Crippen LogP contribution is 2.34. The Morgan fingerprint density at radius 3 is 2.29 bits per heavy atom. The standard InChI is InChI=1S/C25H32N8S/c1-25(2,3)33-23(27-28-29-33)22(18-10-12-19(13-11-18)30(4)5)31-14-16-32(17-15-31)24-26-20-8-6-7-9-21(20)34-24/h6-13,22H,14-17H2,1-5H3/t22-/m1/s1. The van der Waals surface area contributed by atoms with Crippen molar-refractivity contribution in [1.82, 2.24) is 30.1 Å². The highest BCUT2D eigenvalue weighted by Gasteiger charge is 2.33. The van der Waals surface area contributed by atoms with Gasteiger partial charge < -0.3 is 9.80 Å². The summed E-state index contributed by atoms with van der Waals surface area (Å²) in [5.41, 5.74) is 3.26. The van der Waals surface area contributed by atoms with Gasteiger partial charge in [0.25, 0.3) is 0 Å². The number of hydrogen-bond acceptors (Lipinski definition) is 8. The highest BCUT2D eigenvalue weighted by atomic mass is 32.1. The monoisotopic (exact) mass is 476 g/mol. The second-order valence-corrected chi connectivity index (χ2v) is 11.0. The Morgan fingerprint density at radius 1 is 0.941 bits per heavy atom. The summed E-state index contributed by atoms with van der Waals surface area (Å²) in [4.78, 5) is 11.9. The number of nitrogens with zero attached hydrogens (tertiary/aromatic N) is 8. The van der Waals surface area contributed by atoms with Gasteiger partial charge in [-0.25, -0.2) is 9.67 Å². The summed E-state index contributed by atoms with van der Waals surface area (Å²) in [5.74, 6) is 0.888. The maximum Gasteiger partial charge on any atom is 0.186 e. The lowest BCUT2D eigenvalue weighted by Crippen LogP contribution is -2.48. The molecule has 1 aliphatic rings. The molecule has 1 atom stereocenters. The summed E-state index contributed by atoms with van der Waals surface area (Å²) in [7, 11) is 4.13. The fourth-order valence-electron chi connectivity index (χ4n) is 4.49. The average Bonchev–Trinajstić information content (AvgIpc) is 3.47. The summed E-state index contributed by atoms with van der Waals surface area (Å²) >= 11 is 1.77. The fourth-order valence-corrected chi connectivity index (χ4v) is 5.50. The van der Waals surface area contributed by atoms with Crippen molar-refractivity contribution in [2.24, 2.45) is 0 Å². The molecular formula is C25H32N8S. The van der Waals surface area contributed by atoms with Gasteiger partial charge in [0.2, 0.25) is 0 Å². The summed E-state index contributed by atoms with van der Waals surface area (Å²) in [6, 6.07) is 17.1. The lowest BCUT2D eigenvalue weighted by molar-refractivity contribution is 0.191. The molecule has 8 nitrogen and oxygen atoms in total. The molecule has 2 aromatic carbocycles. The predicted molar refractivity (Wildman–Crippen MR) is 139 cm³/mol. The number of para-hydroxylation sites is 1. The minimum Gasteiger partial charge on any atom is -0.378 e. The van der Waals surface area contributed by atoms with Crippen molar-refractivity contribution < 1.29 is 0 Å². The molecule has 0 radical (unpaired) electrons. The molecule has 0 bridgehead atoms. The molecule has 0 unspecified atom stereocenters. The molecule has 5 rings (SSSR count). The number of piperazine rings is 1.